The van der Waals surface area contributed by atoms with Crippen LogP contribution in [0.5, 0.6) is 0 Å². The molecule has 106 valence electrons. The lowest BCUT2D eigenvalue weighted by Gasteiger charge is -2.05. The smallest absolute Gasteiger partial charge is 0.263 e. The average Bonchev–Trinajstić information content (AvgIpc) is 2.38. The summed E-state index contributed by atoms with van der Waals surface area (Å²) in [5.74, 6) is -0.548. The molecule has 0 heterocycles. The van der Waals surface area contributed by atoms with Gasteiger partial charge in [0.05, 0.1) is 0 Å². The number of ether oxygens (including phenoxy) is 1. The van der Waals surface area contributed by atoms with Gasteiger partial charge in [-0.3, -0.25) is 9.59 Å². The van der Waals surface area contributed by atoms with Gasteiger partial charge in [-0.15, -0.1) is 0 Å². The topological polar surface area (TPSA) is 103 Å². The van der Waals surface area contributed by atoms with E-state index in [1.165, 1.54) is 13.1 Å². The summed E-state index contributed by atoms with van der Waals surface area (Å²) < 4.78 is 4.84. The van der Waals surface area contributed by atoms with E-state index in [0.717, 1.165) is 0 Å². The van der Waals surface area contributed by atoms with Crippen LogP contribution in [0.1, 0.15) is 13.3 Å². The summed E-state index contributed by atoms with van der Waals surface area (Å²) in [4.78, 5) is 22.2. The van der Waals surface area contributed by atoms with Crippen molar-refractivity contribution in [1.82, 2.24) is 16.0 Å². The van der Waals surface area contributed by atoms with Gasteiger partial charge < -0.3 is 20.7 Å². The minimum absolute atomic E-state index is 0.000224. The van der Waals surface area contributed by atoms with Crippen molar-refractivity contribution < 1.29 is 14.3 Å². The average molecular weight is 268 g/mol. The Kier molecular flexibility index (Phi) is 9.84. The zero-order valence-electron chi connectivity index (χ0n) is 11.3. The van der Waals surface area contributed by atoms with E-state index in [9.17, 15) is 9.59 Å². The molecule has 0 bridgehead atoms. The first kappa shape index (κ1) is 16.9. The second kappa shape index (κ2) is 11.0. The summed E-state index contributed by atoms with van der Waals surface area (Å²) in [5.41, 5.74) is 0.000224. The van der Waals surface area contributed by atoms with Crippen LogP contribution >= 0.6 is 0 Å². The molecule has 3 N–H and O–H groups in total. The summed E-state index contributed by atoms with van der Waals surface area (Å²) in [5, 5.41) is 16.8. The maximum absolute atomic E-state index is 11.6. The molecular weight excluding hydrogens is 248 g/mol. The number of amides is 2. The van der Waals surface area contributed by atoms with Crippen molar-refractivity contribution in [3.8, 4) is 6.07 Å². The lowest BCUT2D eigenvalue weighted by Crippen LogP contribution is -2.30. The lowest BCUT2D eigenvalue weighted by molar-refractivity contribution is -0.119. The van der Waals surface area contributed by atoms with Crippen LogP contribution in [0.25, 0.3) is 0 Å². The van der Waals surface area contributed by atoms with E-state index in [0.29, 0.717) is 32.7 Å². The molecule has 2 amide bonds. The number of nitrogens with zero attached hydrogens (tertiary/aromatic N) is 1. The number of hydrogen-bond donors (Lipinski definition) is 3. The molecule has 0 aromatic rings. The summed E-state index contributed by atoms with van der Waals surface area (Å²) in [6.07, 6.45) is 2.03. The number of hydrogen-bond acceptors (Lipinski definition) is 5. The molecule has 0 radical (unpaired) electrons. The lowest BCUT2D eigenvalue weighted by atomic mass is 10.3. The first-order valence-electron chi connectivity index (χ1n) is 5.97. The molecule has 19 heavy (non-hydrogen) atoms. The quantitative estimate of drug-likeness (QED) is 0.291. The molecular formula is C12H20N4O3. The van der Waals surface area contributed by atoms with Gasteiger partial charge in [-0.1, -0.05) is 0 Å². The molecule has 0 saturated heterocycles. The van der Waals surface area contributed by atoms with Crippen LogP contribution in [0.4, 0.5) is 0 Å². The van der Waals surface area contributed by atoms with Gasteiger partial charge in [0.15, 0.2) is 0 Å². The molecule has 0 saturated carbocycles. The highest BCUT2D eigenvalue weighted by Crippen LogP contribution is 1.90. The predicted molar refractivity (Wildman–Crippen MR) is 69.9 cm³/mol. The molecule has 0 aromatic heterocycles. The maximum Gasteiger partial charge on any atom is 0.263 e. The summed E-state index contributed by atoms with van der Waals surface area (Å²) >= 11 is 0. The van der Waals surface area contributed by atoms with E-state index >= 15 is 0 Å². The Bertz CT molecular complexity index is 360. The van der Waals surface area contributed by atoms with Gasteiger partial charge in [-0.25, -0.2) is 0 Å². The SMILES string of the molecule is COCCCNC(=O)/C(C#N)=C\NCCNC(C)=O. The Balaban J connectivity index is 3.93. The van der Waals surface area contributed by atoms with Crippen LogP contribution in [0.3, 0.4) is 0 Å². The fourth-order valence-corrected chi connectivity index (χ4v) is 1.15. The van der Waals surface area contributed by atoms with Crippen molar-refractivity contribution >= 4 is 11.8 Å². The molecule has 0 spiro atoms. The van der Waals surface area contributed by atoms with Gasteiger partial charge in [0, 0.05) is 46.5 Å². The van der Waals surface area contributed by atoms with Gasteiger partial charge in [-0.2, -0.15) is 5.26 Å². The van der Waals surface area contributed by atoms with Crippen LogP contribution in [0.15, 0.2) is 11.8 Å². The van der Waals surface area contributed by atoms with E-state index in [4.69, 9.17) is 10.00 Å². The molecule has 0 unspecified atom stereocenters. The maximum atomic E-state index is 11.6. The van der Waals surface area contributed by atoms with Crippen molar-refractivity contribution in [2.75, 3.05) is 33.4 Å². The number of methoxy groups -OCH3 is 1. The Morgan fingerprint density at radius 1 is 1.26 bits per heavy atom. The third-order valence-electron chi connectivity index (χ3n) is 2.07. The molecule has 0 aromatic carbocycles. The first-order chi connectivity index (χ1) is 9.11. The molecule has 0 aliphatic rings. The molecule has 0 rings (SSSR count). The Hall–Kier alpha value is -2.07. The number of nitriles is 1. The van der Waals surface area contributed by atoms with Crippen LogP contribution in [-0.4, -0.2) is 45.2 Å². The molecule has 7 heteroatoms. The van der Waals surface area contributed by atoms with E-state index in [1.54, 1.807) is 7.11 Å². The minimum Gasteiger partial charge on any atom is -0.388 e. The monoisotopic (exact) mass is 268 g/mol. The first-order valence-corrected chi connectivity index (χ1v) is 5.97. The standard InChI is InChI=1S/C12H20N4O3/c1-10(17)15-6-5-14-9-11(8-13)12(18)16-4-3-7-19-2/h9,14H,3-7H2,1-2H3,(H,15,17)(H,16,18)/b11-9-. The fraction of sp³-hybridized carbons (Fsp3) is 0.583. The molecule has 0 aliphatic carbocycles. The molecule has 7 nitrogen and oxygen atoms in total. The van der Waals surface area contributed by atoms with Crippen LogP contribution < -0.4 is 16.0 Å². The molecule has 0 aliphatic heterocycles. The zero-order chi connectivity index (χ0) is 14.5. The van der Waals surface area contributed by atoms with Crippen LogP contribution in [-0.2, 0) is 14.3 Å². The van der Waals surface area contributed by atoms with Crippen molar-refractivity contribution in [1.29, 1.82) is 5.26 Å². The predicted octanol–water partition coefficient (Wildman–Crippen LogP) is -0.728. The zero-order valence-corrected chi connectivity index (χ0v) is 11.3. The van der Waals surface area contributed by atoms with E-state index < -0.39 is 5.91 Å². The summed E-state index contributed by atoms with van der Waals surface area (Å²) in [6, 6.07) is 1.81. The van der Waals surface area contributed by atoms with Gasteiger partial charge in [0.25, 0.3) is 5.91 Å². The van der Waals surface area contributed by atoms with Crippen LogP contribution in [0, 0.1) is 11.3 Å². The Morgan fingerprint density at radius 3 is 2.58 bits per heavy atom. The minimum atomic E-state index is -0.425. The van der Waals surface area contributed by atoms with E-state index in [1.807, 2.05) is 6.07 Å². The highest BCUT2D eigenvalue weighted by atomic mass is 16.5. The second-order valence-corrected chi connectivity index (χ2v) is 3.71. The fourth-order valence-electron chi connectivity index (χ4n) is 1.15. The van der Waals surface area contributed by atoms with E-state index in [-0.39, 0.29) is 11.5 Å². The largest absolute Gasteiger partial charge is 0.388 e. The summed E-state index contributed by atoms with van der Waals surface area (Å²) in [7, 11) is 1.58. The van der Waals surface area contributed by atoms with Crippen molar-refractivity contribution in [2.45, 2.75) is 13.3 Å². The number of carbonyl (C=O) groups excluding carboxylic acids is 2. The highest BCUT2D eigenvalue weighted by Gasteiger charge is 2.07. The normalized spacial score (nSPS) is 10.5. The molecule has 0 atom stereocenters. The highest BCUT2D eigenvalue weighted by molar-refractivity contribution is 5.97. The van der Waals surface area contributed by atoms with Gasteiger partial charge in [0.1, 0.15) is 11.6 Å². The van der Waals surface area contributed by atoms with Gasteiger partial charge >= 0.3 is 0 Å². The van der Waals surface area contributed by atoms with Gasteiger partial charge in [-0.05, 0) is 6.42 Å². The summed E-state index contributed by atoms with van der Waals surface area (Å²) in [6.45, 7) is 3.31. The Morgan fingerprint density at radius 2 is 2.00 bits per heavy atom. The van der Waals surface area contributed by atoms with Crippen molar-refractivity contribution in [3.05, 3.63) is 11.8 Å². The number of rotatable bonds is 9. The van der Waals surface area contributed by atoms with Crippen LogP contribution in [0.2, 0.25) is 0 Å². The Labute approximate surface area is 113 Å². The second-order valence-electron chi connectivity index (χ2n) is 3.71. The van der Waals surface area contributed by atoms with E-state index in [2.05, 4.69) is 16.0 Å². The van der Waals surface area contributed by atoms with Crippen molar-refractivity contribution in [2.24, 2.45) is 0 Å². The van der Waals surface area contributed by atoms with Gasteiger partial charge in [0.2, 0.25) is 5.91 Å². The number of carbonyl (C=O) groups is 2. The third-order valence-corrected chi connectivity index (χ3v) is 2.07. The third kappa shape index (κ3) is 9.62. The van der Waals surface area contributed by atoms with Crippen molar-refractivity contribution in [3.63, 3.8) is 0 Å². The molecule has 0 fully saturated rings. The number of nitrogens with one attached hydrogen (secondary N) is 3.